The number of ether oxygens (including phenoxy) is 1. The predicted octanol–water partition coefficient (Wildman–Crippen LogP) is 5.05. The molecule has 2 aromatic carbocycles. The van der Waals surface area contributed by atoms with Crippen molar-refractivity contribution in [2.24, 2.45) is 5.16 Å². The van der Waals surface area contributed by atoms with Gasteiger partial charge in [0, 0.05) is 12.0 Å². The fraction of sp³-hybridized carbons (Fsp3) is 0.417. The number of oxime groups is 1. The van der Waals surface area contributed by atoms with Crippen molar-refractivity contribution in [3.63, 3.8) is 0 Å². The normalized spacial score (nSPS) is 22.8. The van der Waals surface area contributed by atoms with E-state index in [0.717, 1.165) is 23.3 Å². The second-order valence-electron chi connectivity index (χ2n) is 9.76. The number of aliphatic hydroxyl groups is 1. The van der Waals surface area contributed by atoms with Crippen molar-refractivity contribution in [2.45, 2.75) is 49.9 Å². The van der Waals surface area contributed by atoms with E-state index in [1.165, 1.54) is 18.7 Å². The molecular weight excluding hydrogens is 527 g/mol. The van der Waals surface area contributed by atoms with E-state index in [2.05, 4.69) is 5.16 Å². The summed E-state index contributed by atoms with van der Waals surface area (Å²) >= 11 is 11.5. The zero-order chi connectivity index (χ0) is 26.3. The summed E-state index contributed by atoms with van der Waals surface area (Å²) in [4.78, 5) is 18.8. The third-order valence-corrected chi connectivity index (χ3v) is 7.32. The molecule has 1 unspecified atom stereocenters. The van der Waals surface area contributed by atoms with Gasteiger partial charge in [0.15, 0.2) is 5.82 Å². The van der Waals surface area contributed by atoms with E-state index in [9.17, 15) is 27.5 Å². The molecule has 0 saturated carbocycles. The average molecular weight is 547 g/mol. The zero-order valence-electron chi connectivity index (χ0n) is 19.0. The van der Waals surface area contributed by atoms with Crippen molar-refractivity contribution in [3.8, 4) is 0 Å². The average Bonchev–Trinajstić information content (AvgIpc) is 3.37. The highest BCUT2D eigenvalue weighted by atomic mass is 35.5. The molecule has 0 bridgehead atoms. The van der Waals surface area contributed by atoms with Crippen molar-refractivity contribution < 1.29 is 37.0 Å². The first-order valence-corrected chi connectivity index (χ1v) is 11.7. The third kappa shape index (κ3) is 3.77. The number of carbonyl (C=O) groups excluding carboxylic acids is 1. The van der Waals surface area contributed by atoms with Crippen LogP contribution in [0.5, 0.6) is 0 Å². The van der Waals surface area contributed by atoms with Gasteiger partial charge in [-0.25, -0.2) is 4.39 Å². The first kappa shape index (κ1) is 25.3. The molecule has 0 aromatic heterocycles. The second kappa shape index (κ2) is 8.05. The number of hydrogen-bond acceptors (Lipinski definition) is 5. The Morgan fingerprint density at radius 3 is 2.36 bits per heavy atom. The number of halogens is 6. The molecule has 3 aliphatic rings. The van der Waals surface area contributed by atoms with E-state index in [4.69, 9.17) is 32.8 Å². The Hall–Kier alpha value is -2.40. The maximum atomic E-state index is 14.3. The Labute approximate surface area is 213 Å². The number of amides is 1. The van der Waals surface area contributed by atoms with Crippen molar-refractivity contribution in [1.82, 2.24) is 4.90 Å². The SMILES string of the molecule is CC(C)(O)C(=O)N1CC2(C1)OCc1cc(C3=NOC(c4cc(Cl)c(F)c(Cl)c4)(C(F)(F)F)C3)ccc12. The molecular formula is C24H20Cl2F4N2O4. The van der Waals surface area contributed by atoms with Crippen LogP contribution in [0.15, 0.2) is 35.5 Å². The summed E-state index contributed by atoms with van der Waals surface area (Å²) in [6.45, 7) is 3.55. The Kier molecular flexibility index (Phi) is 5.65. The molecule has 2 aromatic rings. The minimum Gasteiger partial charge on any atom is -0.381 e. The summed E-state index contributed by atoms with van der Waals surface area (Å²) in [5.41, 5.74) is -3.54. The molecule has 1 saturated heterocycles. The monoisotopic (exact) mass is 546 g/mol. The molecule has 12 heteroatoms. The molecule has 6 nitrogen and oxygen atoms in total. The number of nitrogens with zero attached hydrogens (tertiary/aromatic N) is 2. The smallest absolute Gasteiger partial charge is 0.381 e. The number of alkyl halides is 3. The molecule has 1 atom stereocenters. The van der Waals surface area contributed by atoms with Gasteiger partial charge in [0.25, 0.3) is 11.5 Å². The summed E-state index contributed by atoms with van der Waals surface area (Å²) in [6, 6.07) is 6.72. The third-order valence-electron chi connectivity index (χ3n) is 6.77. The zero-order valence-corrected chi connectivity index (χ0v) is 20.6. The van der Waals surface area contributed by atoms with E-state index >= 15 is 0 Å². The van der Waals surface area contributed by atoms with E-state index in [1.807, 2.05) is 0 Å². The molecule has 36 heavy (non-hydrogen) atoms. The van der Waals surface area contributed by atoms with E-state index in [1.54, 1.807) is 18.2 Å². The van der Waals surface area contributed by atoms with Crippen LogP contribution in [0.4, 0.5) is 17.6 Å². The largest absolute Gasteiger partial charge is 0.435 e. The van der Waals surface area contributed by atoms with Crippen molar-refractivity contribution >= 4 is 34.8 Å². The van der Waals surface area contributed by atoms with Gasteiger partial charge in [-0.3, -0.25) is 4.79 Å². The molecule has 0 radical (unpaired) electrons. The second-order valence-corrected chi connectivity index (χ2v) is 10.6. The molecule has 3 heterocycles. The summed E-state index contributed by atoms with van der Waals surface area (Å²) in [5.74, 6) is -1.44. The van der Waals surface area contributed by atoms with Gasteiger partial charge in [-0.15, -0.1) is 0 Å². The molecule has 3 aliphatic heterocycles. The number of rotatable bonds is 3. The minimum atomic E-state index is -4.91. The summed E-state index contributed by atoms with van der Waals surface area (Å²) in [5, 5.41) is 12.6. The van der Waals surface area contributed by atoms with E-state index < -0.39 is 56.7 Å². The Morgan fingerprint density at radius 1 is 1.14 bits per heavy atom. The molecule has 192 valence electrons. The Balaban J connectivity index is 1.41. The maximum absolute atomic E-state index is 14.3. The lowest BCUT2D eigenvalue weighted by Crippen LogP contribution is -2.64. The summed E-state index contributed by atoms with van der Waals surface area (Å²) in [6.07, 6.45) is -5.58. The van der Waals surface area contributed by atoms with Gasteiger partial charge in [-0.2, -0.15) is 13.2 Å². The number of hydrogen-bond donors (Lipinski definition) is 1. The fourth-order valence-electron chi connectivity index (χ4n) is 4.84. The van der Waals surface area contributed by atoms with Crippen LogP contribution in [0.3, 0.4) is 0 Å². The van der Waals surface area contributed by atoms with Crippen LogP contribution in [0.2, 0.25) is 10.0 Å². The molecule has 1 fully saturated rings. The highest BCUT2D eigenvalue weighted by molar-refractivity contribution is 6.35. The lowest BCUT2D eigenvalue weighted by Gasteiger charge is -2.49. The lowest BCUT2D eigenvalue weighted by molar-refractivity contribution is -0.275. The first-order chi connectivity index (χ1) is 16.7. The van der Waals surface area contributed by atoms with E-state index in [-0.39, 0.29) is 25.4 Å². The molecule has 1 amide bonds. The molecule has 1 N–H and O–H groups in total. The van der Waals surface area contributed by atoms with Gasteiger partial charge in [0.2, 0.25) is 0 Å². The van der Waals surface area contributed by atoms with E-state index in [0.29, 0.717) is 5.56 Å². The highest BCUT2D eigenvalue weighted by Gasteiger charge is 2.62. The number of benzene rings is 2. The van der Waals surface area contributed by atoms with Crippen LogP contribution in [0.1, 0.15) is 42.5 Å². The van der Waals surface area contributed by atoms with Crippen molar-refractivity contribution in [3.05, 3.63) is 68.4 Å². The fourth-order valence-corrected chi connectivity index (χ4v) is 5.33. The van der Waals surface area contributed by atoms with Crippen LogP contribution >= 0.6 is 23.2 Å². The maximum Gasteiger partial charge on any atom is 0.435 e. The number of fused-ring (bicyclic) bond motifs is 2. The van der Waals surface area contributed by atoms with Crippen LogP contribution in [-0.4, -0.2) is 46.5 Å². The molecule has 5 rings (SSSR count). The quantitative estimate of drug-likeness (QED) is 0.432. The summed E-state index contributed by atoms with van der Waals surface area (Å²) in [7, 11) is 0. The number of likely N-dealkylation sites (tertiary alicyclic amines) is 1. The van der Waals surface area contributed by atoms with Crippen LogP contribution in [0.25, 0.3) is 0 Å². The van der Waals surface area contributed by atoms with Crippen molar-refractivity contribution in [2.75, 3.05) is 13.1 Å². The Morgan fingerprint density at radius 2 is 1.78 bits per heavy atom. The first-order valence-electron chi connectivity index (χ1n) is 10.9. The minimum absolute atomic E-state index is 0.0417. The van der Waals surface area contributed by atoms with Gasteiger partial charge < -0.3 is 19.6 Å². The standard InChI is InChI=1S/C24H20Cl2F4N2O4/c1-21(2,34)20(33)32-10-22(11-32)15-4-3-12(5-13(15)9-35-22)18-8-23(36-31-18,24(28,29)30)14-6-16(25)19(27)17(26)7-14/h3-7,34H,8-11H2,1-2H3. The van der Waals surface area contributed by atoms with Crippen LogP contribution in [-0.2, 0) is 32.2 Å². The highest BCUT2D eigenvalue weighted by Crippen LogP contribution is 2.51. The van der Waals surface area contributed by atoms with Gasteiger partial charge in [0.05, 0.1) is 35.5 Å². The lowest BCUT2D eigenvalue weighted by atomic mass is 9.82. The number of carbonyl (C=O) groups is 1. The van der Waals surface area contributed by atoms with Crippen LogP contribution in [0, 0.1) is 5.82 Å². The molecule has 0 aliphatic carbocycles. The Bertz CT molecular complexity index is 1280. The van der Waals surface area contributed by atoms with Gasteiger partial charge in [-0.05, 0) is 48.7 Å². The topological polar surface area (TPSA) is 71.4 Å². The predicted molar refractivity (Wildman–Crippen MR) is 122 cm³/mol. The van der Waals surface area contributed by atoms with Gasteiger partial charge in [-0.1, -0.05) is 40.5 Å². The summed E-state index contributed by atoms with van der Waals surface area (Å²) < 4.78 is 62.6. The van der Waals surface area contributed by atoms with Crippen LogP contribution < -0.4 is 0 Å². The molecule has 1 spiro atoms. The van der Waals surface area contributed by atoms with Gasteiger partial charge in [0.1, 0.15) is 11.2 Å². The van der Waals surface area contributed by atoms with Crippen molar-refractivity contribution in [1.29, 1.82) is 0 Å². The van der Waals surface area contributed by atoms with Gasteiger partial charge >= 0.3 is 6.18 Å².